The zero-order chi connectivity index (χ0) is 27.9. The number of aromatic nitrogens is 2. The Morgan fingerprint density at radius 1 is 0.829 bits per heavy atom. The van der Waals surface area contributed by atoms with Gasteiger partial charge in [-0.25, -0.2) is 9.28 Å². The number of piperidine rings is 1. The number of rotatable bonds is 4. The van der Waals surface area contributed by atoms with Crippen LogP contribution >= 0.6 is 11.7 Å². The average molecular weight is 563 g/mol. The number of nitrogens with zero attached hydrogens (tertiary/aromatic N) is 4. The molecular formula is C33H32N5O2S+. The van der Waals surface area contributed by atoms with Crippen LogP contribution in [0.15, 0.2) is 97.1 Å². The average Bonchev–Trinajstić information content (AvgIpc) is 3.45. The maximum absolute atomic E-state index is 11.9. The van der Waals surface area contributed by atoms with Crippen molar-refractivity contribution in [2.45, 2.75) is 31.4 Å². The number of hydrogen-bond donors (Lipinski definition) is 1. The molecule has 2 aliphatic rings. The fourth-order valence-electron chi connectivity index (χ4n) is 6.56. The van der Waals surface area contributed by atoms with Gasteiger partial charge in [0.05, 0.1) is 18.3 Å². The Balaban J connectivity index is 1.34. The Morgan fingerprint density at radius 2 is 1.54 bits per heavy atom. The van der Waals surface area contributed by atoms with Crippen LogP contribution < -0.4 is 15.0 Å². The van der Waals surface area contributed by atoms with E-state index in [1.807, 2.05) is 18.2 Å². The number of ether oxygens (including phenoxy) is 1. The van der Waals surface area contributed by atoms with Crippen molar-refractivity contribution < 1.29 is 9.53 Å². The lowest BCUT2D eigenvalue weighted by molar-refractivity contribution is 0.00830. The minimum atomic E-state index is -0.368. The minimum Gasteiger partial charge on any atom is -0.481 e. The van der Waals surface area contributed by atoms with Crippen LogP contribution in [0.3, 0.4) is 0 Å². The van der Waals surface area contributed by atoms with E-state index in [0.717, 1.165) is 60.5 Å². The summed E-state index contributed by atoms with van der Waals surface area (Å²) in [6.45, 7) is 2.77. The number of amides is 2. The van der Waals surface area contributed by atoms with Crippen molar-refractivity contribution in [2.24, 2.45) is 5.73 Å². The Bertz CT molecular complexity index is 1700. The summed E-state index contributed by atoms with van der Waals surface area (Å²) in [4.78, 5) is 13.6. The number of carbonyl (C=O) groups is 1. The highest BCUT2D eigenvalue weighted by Crippen LogP contribution is 2.50. The number of para-hydroxylation sites is 2. The zero-order valence-electron chi connectivity index (χ0n) is 22.8. The number of likely N-dealkylation sites (tertiary alicyclic amines) is 1. The van der Waals surface area contributed by atoms with Gasteiger partial charge in [0.15, 0.2) is 22.6 Å². The molecule has 2 aliphatic heterocycles. The summed E-state index contributed by atoms with van der Waals surface area (Å²) in [6, 6.07) is 33.8. The molecule has 4 aromatic carbocycles. The second-order valence-electron chi connectivity index (χ2n) is 11.1. The molecule has 2 N–H and O–H groups in total. The molecule has 206 valence electrons. The summed E-state index contributed by atoms with van der Waals surface area (Å²) >= 11 is 1.26. The van der Waals surface area contributed by atoms with Gasteiger partial charge in [-0.3, -0.25) is 0 Å². The highest BCUT2D eigenvalue weighted by molar-refractivity contribution is 7.00. The number of benzene rings is 4. The number of primary amides is 1. The maximum atomic E-state index is 11.9. The molecule has 1 atom stereocenters. The highest BCUT2D eigenvalue weighted by atomic mass is 32.1. The second kappa shape index (κ2) is 10.3. The van der Waals surface area contributed by atoms with Crippen LogP contribution in [0.1, 0.15) is 24.8 Å². The minimum absolute atomic E-state index is 0.361. The monoisotopic (exact) mass is 562 g/mol. The van der Waals surface area contributed by atoms with E-state index in [0.29, 0.717) is 17.6 Å². The van der Waals surface area contributed by atoms with E-state index in [2.05, 4.69) is 83.2 Å². The number of hydrogen-bond acceptors (Lipinski definition) is 5. The van der Waals surface area contributed by atoms with Crippen LogP contribution in [0.4, 0.5) is 16.2 Å². The number of quaternary nitrogens is 1. The van der Waals surface area contributed by atoms with E-state index in [4.69, 9.17) is 14.8 Å². The quantitative estimate of drug-likeness (QED) is 0.242. The number of urea groups is 1. The van der Waals surface area contributed by atoms with Crippen molar-refractivity contribution in [1.29, 1.82) is 0 Å². The van der Waals surface area contributed by atoms with Gasteiger partial charge in [-0.05, 0) is 23.3 Å². The van der Waals surface area contributed by atoms with Crippen LogP contribution in [-0.4, -0.2) is 44.9 Å². The fourth-order valence-corrected chi connectivity index (χ4v) is 7.11. The Morgan fingerprint density at radius 3 is 2.32 bits per heavy atom. The third-order valence-electron chi connectivity index (χ3n) is 8.83. The van der Waals surface area contributed by atoms with Gasteiger partial charge in [0.2, 0.25) is 0 Å². The lowest BCUT2D eigenvalue weighted by Gasteiger charge is -2.40. The van der Waals surface area contributed by atoms with Gasteiger partial charge in [-0.1, -0.05) is 72.8 Å². The Labute approximate surface area is 243 Å². The first-order valence-corrected chi connectivity index (χ1v) is 14.8. The fraction of sp³-hybridized carbons (Fsp3) is 0.242. The van der Waals surface area contributed by atoms with Crippen molar-refractivity contribution in [3.8, 4) is 16.9 Å². The van der Waals surface area contributed by atoms with E-state index < -0.39 is 0 Å². The van der Waals surface area contributed by atoms with Crippen molar-refractivity contribution >= 4 is 40.2 Å². The van der Waals surface area contributed by atoms with E-state index in [9.17, 15) is 4.79 Å². The highest BCUT2D eigenvalue weighted by Gasteiger charge is 2.48. The molecule has 0 radical (unpaired) electrons. The predicted molar refractivity (Wildman–Crippen MR) is 164 cm³/mol. The Hall–Kier alpha value is -4.27. The van der Waals surface area contributed by atoms with E-state index in [-0.39, 0.29) is 11.6 Å². The smallest absolute Gasteiger partial charge is 0.314 e. The number of carbonyl (C=O) groups excluding carboxylic acids is 1. The first kappa shape index (κ1) is 25.7. The molecule has 3 heterocycles. The van der Waals surface area contributed by atoms with Crippen molar-refractivity contribution in [3.05, 3.63) is 103 Å². The van der Waals surface area contributed by atoms with Crippen molar-refractivity contribution in [2.75, 3.05) is 19.6 Å². The molecule has 1 aromatic heterocycles. The molecule has 0 aliphatic carbocycles. The maximum Gasteiger partial charge on any atom is 0.314 e. The largest absolute Gasteiger partial charge is 0.481 e. The van der Waals surface area contributed by atoms with E-state index in [1.54, 1.807) is 4.90 Å². The first-order valence-electron chi connectivity index (χ1n) is 14.1. The van der Waals surface area contributed by atoms with Gasteiger partial charge >= 0.3 is 6.03 Å². The summed E-state index contributed by atoms with van der Waals surface area (Å²) in [5.74, 6) is 0.888. The van der Waals surface area contributed by atoms with E-state index >= 15 is 0 Å². The van der Waals surface area contributed by atoms with Gasteiger partial charge in [-0.2, -0.15) is 8.75 Å². The van der Waals surface area contributed by atoms with Crippen LogP contribution in [0, 0.1) is 0 Å². The normalized spacial score (nSPS) is 19.9. The van der Waals surface area contributed by atoms with Crippen molar-refractivity contribution in [3.63, 3.8) is 0 Å². The molecule has 0 bridgehead atoms. The second-order valence-corrected chi connectivity index (χ2v) is 11.7. The first-order chi connectivity index (χ1) is 20.1. The molecule has 0 saturated carbocycles. The van der Waals surface area contributed by atoms with Gasteiger partial charge < -0.3 is 15.4 Å². The number of fused-ring (bicyclic) bond motifs is 2. The molecule has 1 fully saturated rings. The molecule has 1 saturated heterocycles. The lowest BCUT2D eigenvalue weighted by Crippen LogP contribution is -2.52. The molecule has 8 heteroatoms. The lowest BCUT2D eigenvalue weighted by atomic mass is 9.87. The zero-order valence-corrected chi connectivity index (χ0v) is 23.6. The van der Waals surface area contributed by atoms with Gasteiger partial charge in [0.1, 0.15) is 17.7 Å². The summed E-state index contributed by atoms with van der Waals surface area (Å²) in [5, 5.41) is 0. The van der Waals surface area contributed by atoms with Gasteiger partial charge in [0, 0.05) is 50.0 Å². The third kappa shape index (κ3) is 4.63. The Kier molecular flexibility index (Phi) is 6.44. The molecule has 41 heavy (non-hydrogen) atoms. The summed E-state index contributed by atoms with van der Waals surface area (Å²) < 4.78 is 16.9. The standard InChI is InChI=1S/C33H31N5O2S/c34-32(39)37-20-17-33(18-21-37)19-22-38(28-10-4-5-12-30(28)40-33,29-11-6-9-27-31(29)36-41-35-27)23-24-13-15-26(16-14-24)25-7-2-1-3-8-25/h1-16H,17-23H2,(H-,34,39)/p+1. The van der Waals surface area contributed by atoms with Crippen LogP contribution in [-0.2, 0) is 6.54 Å². The molecule has 2 amide bonds. The predicted octanol–water partition coefficient (Wildman–Crippen LogP) is 6.89. The van der Waals surface area contributed by atoms with Gasteiger partial charge in [-0.15, -0.1) is 0 Å². The SMILES string of the molecule is NC(=O)N1CCC2(CC1)CC[N+](Cc1ccc(-c3ccccc3)cc1)(c1cccc3nsnc13)c1ccccc1O2. The summed E-state index contributed by atoms with van der Waals surface area (Å²) in [5.41, 5.74) is 13.0. The summed E-state index contributed by atoms with van der Waals surface area (Å²) in [7, 11) is 0. The van der Waals surface area contributed by atoms with Crippen LogP contribution in [0.25, 0.3) is 22.2 Å². The molecule has 1 unspecified atom stereocenters. The van der Waals surface area contributed by atoms with Crippen LogP contribution in [0.2, 0.25) is 0 Å². The summed E-state index contributed by atoms with van der Waals surface area (Å²) in [6.07, 6.45) is 2.33. The molecule has 7 rings (SSSR count). The molecular weight excluding hydrogens is 530 g/mol. The van der Waals surface area contributed by atoms with E-state index in [1.165, 1.54) is 28.4 Å². The number of nitrogens with two attached hydrogens (primary N) is 1. The molecule has 7 nitrogen and oxygen atoms in total. The molecule has 5 aromatic rings. The van der Waals surface area contributed by atoms with Gasteiger partial charge in [0.25, 0.3) is 0 Å². The van der Waals surface area contributed by atoms with Crippen molar-refractivity contribution in [1.82, 2.24) is 18.1 Å². The van der Waals surface area contributed by atoms with Crippen LogP contribution in [0.5, 0.6) is 5.75 Å². The third-order valence-corrected chi connectivity index (χ3v) is 9.37. The molecule has 1 spiro atoms. The topological polar surface area (TPSA) is 81.3 Å².